The lowest BCUT2D eigenvalue weighted by atomic mass is 10.0. The van der Waals surface area contributed by atoms with E-state index < -0.39 is 12.0 Å². The molecule has 0 spiro atoms. The van der Waals surface area contributed by atoms with Crippen LogP contribution in [0.3, 0.4) is 0 Å². The summed E-state index contributed by atoms with van der Waals surface area (Å²) in [5.74, 6) is -0.322. The molecule has 1 amide bonds. The van der Waals surface area contributed by atoms with Gasteiger partial charge in [-0.05, 0) is 37.0 Å². The van der Waals surface area contributed by atoms with Gasteiger partial charge in [-0.15, -0.1) is 0 Å². The van der Waals surface area contributed by atoms with E-state index in [-0.39, 0.29) is 18.2 Å². The van der Waals surface area contributed by atoms with E-state index in [1.54, 1.807) is 12.1 Å². The van der Waals surface area contributed by atoms with Gasteiger partial charge >= 0.3 is 5.97 Å². The first-order valence-electron chi connectivity index (χ1n) is 7.16. The highest BCUT2D eigenvalue weighted by atomic mass is 16.5. The van der Waals surface area contributed by atoms with Gasteiger partial charge < -0.3 is 15.2 Å². The maximum Gasteiger partial charge on any atom is 0.326 e. The minimum atomic E-state index is -0.997. The molecule has 0 aliphatic heterocycles. The molecule has 0 aliphatic carbocycles. The molecule has 1 aromatic rings. The van der Waals surface area contributed by atoms with Gasteiger partial charge in [-0.1, -0.05) is 26.0 Å². The van der Waals surface area contributed by atoms with E-state index >= 15 is 0 Å². The lowest BCUT2D eigenvalue weighted by Crippen LogP contribution is -2.42. The van der Waals surface area contributed by atoms with Gasteiger partial charge in [0, 0.05) is 0 Å². The normalized spacial score (nSPS) is 12.0. The highest BCUT2D eigenvalue weighted by Crippen LogP contribution is 2.13. The topological polar surface area (TPSA) is 75.6 Å². The molecule has 1 unspecified atom stereocenters. The number of rotatable bonds is 8. The summed E-state index contributed by atoms with van der Waals surface area (Å²) < 4.78 is 5.33. The summed E-state index contributed by atoms with van der Waals surface area (Å²) in [6.07, 6.45) is 0.582. The fourth-order valence-electron chi connectivity index (χ4n) is 1.99. The first-order chi connectivity index (χ1) is 9.92. The summed E-state index contributed by atoms with van der Waals surface area (Å²) in [6.45, 7) is 6.35. The molecule has 5 heteroatoms. The Morgan fingerprint density at radius 3 is 2.33 bits per heavy atom. The van der Waals surface area contributed by atoms with Crippen LogP contribution in [0.4, 0.5) is 0 Å². The second kappa shape index (κ2) is 8.29. The van der Waals surface area contributed by atoms with E-state index in [0.29, 0.717) is 13.0 Å². The molecule has 0 aromatic heterocycles. The Balaban J connectivity index is 2.57. The molecule has 1 aromatic carbocycles. The molecule has 0 bridgehead atoms. The SMILES string of the molecule is CCOc1ccc(CC(=O)NC(CC(C)C)C(=O)O)cc1. The molecule has 1 atom stereocenters. The summed E-state index contributed by atoms with van der Waals surface area (Å²) in [7, 11) is 0. The number of aliphatic carboxylic acids is 1. The zero-order chi connectivity index (χ0) is 15.8. The van der Waals surface area contributed by atoms with E-state index in [0.717, 1.165) is 11.3 Å². The first-order valence-corrected chi connectivity index (χ1v) is 7.16. The monoisotopic (exact) mass is 293 g/mol. The van der Waals surface area contributed by atoms with Crippen LogP contribution in [0.15, 0.2) is 24.3 Å². The van der Waals surface area contributed by atoms with Gasteiger partial charge in [-0.3, -0.25) is 4.79 Å². The number of carbonyl (C=O) groups is 2. The van der Waals surface area contributed by atoms with Gasteiger partial charge in [0.1, 0.15) is 11.8 Å². The highest BCUT2D eigenvalue weighted by Gasteiger charge is 2.20. The van der Waals surface area contributed by atoms with Crippen LogP contribution in [-0.4, -0.2) is 29.6 Å². The number of carbonyl (C=O) groups excluding carboxylic acids is 1. The number of amides is 1. The fourth-order valence-corrected chi connectivity index (χ4v) is 1.99. The largest absolute Gasteiger partial charge is 0.494 e. The van der Waals surface area contributed by atoms with Crippen LogP contribution in [0.25, 0.3) is 0 Å². The van der Waals surface area contributed by atoms with Gasteiger partial charge in [0.15, 0.2) is 0 Å². The molecular formula is C16H23NO4. The Kier molecular flexibility index (Phi) is 6.72. The lowest BCUT2D eigenvalue weighted by molar-refractivity contribution is -0.142. The van der Waals surface area contributed by atoms with Crippen molar-refractivity contribution in [2.75, 3.05) is 6.61 Å². The predicted molar refractivity (Wildman–Crippen MR) is 80.3 cm³/mol. The first kappa shape index (κ1) is 17.0. The quantitative estimate of drug-likeness (QED) is 0.770. The van der Waals surface area contributed by atoms with Gasteiger partial charge in [0.25, 0.3) is 0 Å². The van der Waals surface area contributed by atoms with Crippen LogP contribution in [0.1, 0.15) is 32.8 Å². The maximum absolute atomic E-state index is 11.9. The van der Waals surface area contributed by atoms with Crippen molar-refractivity contribution in [1.82, 2.24) is 5.32 Å². The third kappa shape index (κ3) is 6.29. The van der Waals surface area contributed by atoms with Gasteiger partial charge in [0.2, 0.25) is 5.91 Å². The van der Waals surface area contributed by atoms with E-state index in [1.807, 2.05) is 32.9 Å². The second-order valence-electron chi connectivity index (χ2n) is 5.34. The molecule has 21 heavy (non-hydrogen) atoms. The molecule has 116 valence electrons. The van der Waals surface area contributed by atoms with Crippen LogP contribution in [0, 0.1) is 5.92 Å². The van der Waals surface area contributed by atoms with Crippen molar-refractivity contribution in [3.8, 4) is 5.75 Å². The molecule has 1 rings (SSSR count). The minimum Gasteiger partial charge on any atom is -0.494 e. The lowest BCUT2D eigenvalue weighted by Gasteiger charge is -2.16. The molecule has 2 N–H and O–H groups in total. The van der Waals surface area contributed by atoms with Crippen LogP contribution in [-0.2, 0) is 16.0 Å². The molecule has 0 fully saturated rings. The van der Waals surface area contributed by atoms with E-state index in [9.17, 15) is 9.59 Å². The average Bonchev–Trinajstić information content (AvgIpc) is 2.40. The number of ether oxygens (including phenoxy) is 1. The van der Waals surface area contributed by atoms with Gasteiger partial charge in [0.05, 0.1) is 13.0 Å². The van der Waals surface area contributed by atoms with Crippen LogP contribution in [0.2, 0.25) is 0 Å². The number of hydrogen-bond donors (Lipinski definition) is 2. The number of nitrogens with one attached hydrogen (secondary N) is 1. The summed E-state index contributed by atoms with van der Waals surface area (Å²) in [5.41, 5.74) is 0.824. The summed E-state index contributed by atoms with van der Waals surface area (Å²) in [5, 5.41) is 11.7. The Bertz CT molecular complexity index is 468. The smallest absolute Gasteiger partial charge is 0.326 e. The van der Waals surface area contributed by atoms with Crippen LogP contribution >= 0.6 is 0 Å². The molecule has 0 saturated heterocycles. The zero-order valence-electron chi connectivity index (χ0n) is 12.8. The maximum atomic E-state index is 11.9. The predicted octanol–water partition coefficient (Wildman–Crippen LogP) is 2.24. The van der Waals surface area contributed by atoms with Crippen molar-refractivity contribution in [2.24, 2.45) is 5.92 Å². The molecule has 0 heterocycles. The molecular weight excluding hydrogens is 270 g/mol. The summed E-state index contributed by atoms with van der Waals surface area (Å²) >= 11 is 0. The fraction of sp³-hybridized carbons (Fsp3) is 0.500. The van der Waals surface area contributed by atoms with Crippen molar-refractivity contribution in [1.29, 1.82) is 0 Å². The second-order valence-corrected chi connectivity index (χ2v) is 5.34. The summed E-state index contributed by atoms with van der Waals surface area (Å²) in [6, 6.07) is 6.38. The van der Waals surface area contributed by atoms with Crippen molar-refractivity contribution in [2.45, 2.75) is 39.7 Å². The Labute approximate surface area is 125 Å². The van der Waals surface area contributed by atoms with E-state index in [2.05, 4.69) is 5.32 Å². The van der Waals surface area contributed by atoms with Crippen molar-refractivity contribution < 1.29 is 19.4 Å². The van der Waals surface area contributed by atoms with Gasteiger partial charge in [-0.2, -0.15) is 0 Å². The highest BCUT2D eigenvalue weighted by molar-refractivity contribution is 5.84. The molecule has 5 nitrogen and oxygen atoms in total. The Morgan fingerprint density at radius 1 is 1.24 bits per heavy atom. The van der Waals surface area contributed by atoms with E-state index in [4.69, 9.17) is 9.84 Å². The van der Waals surface area contributed by atoms with Crippen LogP contribution < -0.4 is 10.1 Å². The van der Waals surface area contributed by atoms with E-state index in [1.165, 1.54) is 0 Å². The van der Waals surface area contributed by atoms with Crippen molar-refractivity contribution in [3.63, 3.8) is 0 Å². The molecule has 0 saturated carbocycles. The minimum absolute atomic E-state index is 0.161. The third-order valence-corrected chi connectivity index (χ3v) is 2.94. The van der Waals surface area contributed by atoms with Gasteiger partial charge in [-0.25, -0.2) is 4.79 Å². The number of hydrogen-bond acceptors (Lipinski definition) is 3. The summed E-state index contributed by atoms with van der Waals surface area (Å²) in [4.78, 5) is 23.0. The van der Waals surface area contributed by atoms with Crippen LogP contribution in [0.5, 0.6) is 5.75 Å². The Hall–Kier alpha value is -2.04. The standard InChI is InChI=1S/C16H23NO4/c1-4-21-13-7-5-12(6-8-13)10-15(18)17-14(16(19)20)9-11(2)3/h5-8,11,14H,4,9-10H2,1-3H3,(H,17,18)(H,19,20). The third-order valence-electron chi connectivity index (χ3n) is 2.94. The molecule has 0 radical (unpaired) electrons. The number of benzene rings is 1. The van der Waals surface area contributed by atoms with Crippen molar-refractivity contribution >= 4 is 11.9 Å². The Morgan fingerprint density at radius 2 is 1.86 bits per heavy atom. The zero-order valence-corrected chi connectivity index (χ0v) is 12.8. The molecule has 0 aliphatic rings. The number of carboxylic acid groups (broad SMARTS) is 1. The van der Waals surface area contributed by atoms with Crippen molar-refractivity contribution in [3.05, 3.63) is 29.8 Å². The average molecular weight is 293 g/mol. The number of carboxylic acids is 1.